The molecule has 6 heteroatoms. The standard InChI is InChI=1S/C18H23FN2O3/c1-12(2)9-21(18(23)14-7-16(8-20)24-11-14)10-17(22)13-3-5-15(19)6-4-13/h3-7,11-12,17,22H,8-10,20H2,1-2H3. The molecule has 0 radical (unpaired) electrons. The number of aliphatic hydroxyl groups is 1. The highest BCUT2D eigenvalue weighted by molar-refractivity contribution is 5.94. The van der Waals surface area contributed by atoms with Crippen LogP contribution in [0.2, 0.25) is 0 Å². The summed E-state index contributed by atoms with van der Waals surface area (Å²) in [4.78, 5) is 14.3. The third-order valence-electron chi connectivity index (χ3n) is 3.62. The Morgan fingerprint density at radius 1 is 1.29 bits per heavy atom. The van der Waals surface area contributed by atoms with Crippen LogP contribution in [0.5, 0.6) is 0 Å². The number of nitrogens with zero attached hydrogens (tertiary/aromatic N) is 1. The van der Waals surface area contributed by atoms with Crippen molar-refractivity contribution in [3.63, 3.8) is 0 Å². The van der Waals surface area contributed by atoms with Crippen LogP contribution >= 0.6 is 0 Å². The van der Waals surface area contributed by atoms with Gasteiger partial charge in [0.15, 0.2) is 0 Å². The summed E-state index contributed by atoms with van der Waals surface area (Å²) in [6.07, 6.45) is 0.483. The molecule has 1 heterocycles. The first kappa shape index (κ1) is 18.2. The summed E-state index contributed by atoms with van der Waals surface area (Å²) >= 11 is 0. The number of benzene rings is 1. The predicted molar refractivity (Wildman–Crippen MR) is 88.7 cm³/mol. The van der Waals surface area contributed by atoms with E-state index in [0.29, 0.717) is 23.4 Å². The van der Waals surface area contributed by atoms with Gasteiger partial charge >= 0.3 is 0 Å². The van der Waals surface area contributed by atoms with Crippen molar-refractivity contribution < 1.29 is 18.7 Å². The molecular weight excluding hydrogens is 311 g/mol. The molecule has 0 saturated heterocycles. The lowest BCUT2D eigenvalue weighted by atomic mass is 10.1. The van der Waals surface area contributed by atoms with Gasteiger partial charge in [0.2, 0.25) is 0 Å². The lowest BCUT2D eigenvalue weighted by Gasteiger charge is -2.26. The number of hydrogen-bond donors (Lipinski definition) is 2. The highest BCUT2D eigenvalue weighted by Gasteiger charge is 2.22. The molecule has 24 heavy (non-hydrogen) atoms. The minimum atomic E-state index is -0.894. The fourth-order valence-corrected chi connectivity index (χ4v) is 2.46. The maximum absolute atomic E-state index is 13.0. The molecule has 0 fully saturated rings. The first-order chi connectivity index (χ1) is 11.4. The van der Waals surface area contributed by atoms with Crippen LogP contribution in [0.1, 0.15) is 41.6 Å². The van der Waals surface area contributed by atoms with E-state index in [0.717, 1.165) is 0 Å². The predicted octanol–water partition coefficient (Wildman–Crippen LogP) is 2.71. The van der Waals surface area contributed by atoms with Gasteiger partial charge in [-0.2, -0.15) is 0 Å². The number of halogens is 1. The highest BCUT2D eigenvalue weighted by atomic mass is 19.1. The summed E-state index contributed by atoms with van der Waals surface area (Å²) in [6, 6.07) is 7.22. The van der Waals surface area contributed by atoms with Crippen molar-refractivity contribution in [3.8, 4) is 0 Å². The average Bonchev–Trinajstić information content (AvgIpc) is 3.02. The SMILES string of the molecule is CC(C)CN(CC(O)c1ccc(F)cc1)C(=O)c1coc(CN)c1. The highest BCUT2D eigenvalue weighted by Crippen LogP contribution is 2.18. The summed E-state index contributed by atoms with van der Waals surface area (Å²) in [7, 11) is 0. The normalized spacial score (nSPS) is 12.4. The van der Waals surface area contributed by atoms with Gasteiger partial charge in [-0.25, -0.2) is 4.39 Å². The molecule has 1 unspecified atom stereocenters. The van der Waals surface area contributed by atoms with Gasteiger partial charge in [-0.1, -0.05) is 26.0 Å². The first-order valence-corrected chi connectivity index (χ1v) is 7.91. The Morgan fingerprint density at radius 2 is 1.96 bits per heavy atom. The number of carbonyl (C=O) groups is 1. The molecule has 0 bridgehead atoms. The summed E-state index contributed by atoms with van der Waals surface area (Å²) in [5.74, 6) is 0.166. The molecule has 5 nitrogen and oxygen atoms in total. The second-order valence-electron chi connectivity index (χ2n) is 6.18. The fourth-order valence-electron chi connectivity index (χ4n) is 2.46. The van der Waals surface area contributed by atoms with Crippen LogP contribution in [0.4, 0.5) is 4.39 Å². The van der Waals surface area contributed by atoms with Gasteiger partial charge in [0.1, 0.15) is 17.8 Å². The van der Waals surface area contributed by atoms with E-state index in [2.05, 4.69) is 0 Å². The van der Waals surface area contributed by atoms with Crippen molar-refractivity contribution in [1.82, 2.24) is 4.90 Å². The van der Waals surface area contributed by atoms with Crippen LogP contribution in [0, 0.1) is 11.7 Å². The Labute approximate surface area is 140 Å². The van der Waals surface area contributed by atoms with Crippen molar-refractivity contribution in [3.05, 3.63) is 59.3 Å². The zero-order valence-corrected chi connectivity index (χ0v) is 13.9. The van der Waals surface area contributed by atoms with Crippen LogP contribution in [0.25, 0.3) is 0 Å². The minimum absolute atomic E-state index is 0.117. The molecule has 1 aromatic carbocycles. The quantitative estimate of drug-likeness (QED) is 0.816. The van der Waals surface area contributed by atoms with E-state index >= 15 is 0 Å². The van der Waals surface area contributed by atoms with E-state index in [1.165, 1.54) is 30.5 Å². The van der Waals surface area contributed by atoms with Gasteiger partial charge in [-0.15, -0.1) is 0 Å². The van der Waals surface area contributed by atoms with Crippen LogP contribution in [0.15, 0.2) is 41.0 Å². The molecule has 130 valence electrons. The lowest BCUT2D eigenvalue weighted by Crippen LogP contribution is -2.37. The van der Waals surface area contributed by atoms with Gasteiger partial charge in [-0.3, -0.25) is 4.79 Å². The van der Waals surface area contributed by atoms with Crippen molar-refractivity contribution >= 4 is 5.91 Å². The van der Waals surface area contributed by atoms with Crippen LogP contribution in [0.3, 0.4) is 0 Å². The Bertz CT molecular complexity index is 667. The largest absolute Gasteiger partial charge is 0.467 e. The topological polar surface area (TPSA) is 79.7 Å². The van der Waals surface area contributed by atoms with Crippen molar-refractivity contribution in [1.29, 1.82) is 0 Å². The van der Waals surface area contributed by atoms with E-state index in [9.17, 15) is 14.3 Å². The number of aliphatic hydroxyl groups excluding tert-OH is 1. The second-order valence-corrected chi connectivity index (χ2v) is 6.18. The number of furan rings is 1. The smallest absolute Gasteiger partial charge is 0.257 e. The molecule has 1 aromatic heterocycles. The minimum Gasteiger partial charge on any atom is -0.467 e. The number of rotatable bonds is 7. The number of carbonyl (C=O) groups excluding carboxylic acids is 1. The Kier molecular flexibility index (Phi) is 6.11. The maximum Gasteiger partial charge on any atom is 0.257 e. The van der Waals surface area contributed by atoms with Gasteiger partial charge in [0, 0.05) is 6.54 Å². The second kappa shape index (κ2) is 8.08. The third-order valence-corrected chi connectivity index (χ3v) is 3.62. The molecule has 0 aliphatic rings. The van der Waals surface area contributed by atoms with Crippen molar-refractivity contribution in [2.45, 2.75) is 26.5 Å². The summed E-state index contributed by atoms with van der Waals surface area (Å²) in [5, 5.41) is 10.4. The number of amides is 1. The lowest BCUT2D eigenvalue weighted by molar-refractivity contribution is 0.0594. The van der Waals surface area contributed by atoms with E-state index < -0.39 is 6.10 Å². The average molecular weight is 334 g/mol. The molecule has 0 aliphatic carbocycles. The van der Waals surface area contributed by atoms with Crippen molar-refractivity contribution in [2.24, 2.45) is 11.7 Å². The Balaban J connectivity index is 2.15. The van der Waals surface area contributed by atoms with Gasteiger partial charge in [0.05, 0.1) is 24.8 Å². The maximum atomic E-state index is 13.0. The van der Waals surface area contributed by atoms with E-state index in [1.54, 1.807) is 11.0 Å². The third kappa shape index (κ3) is 4.66. The number of hydrogen-bond acceptors (Lipinski definition) is 4. The monoisotopic (exact) mass is 334 g/mol. The zero-order valence-electron chi connectivity index (χ0n) is 13.9. The van der Waals surface area contributed by atoms with E-state index in [4.69, 9.17) is 10.2 Å². The van der Waals surface area contributed by atoms with Crippen molar-refractivity contribution in [2.75, 3.05) is 13.1 Å². The molecule has 2 rings (SSSR count). The molecule has 1 atom stereocenters. The summed E-state index contributed by atoms with van der Waals surface area (Å²) in [5.41, 5.74) is 6.47. The van der Waals surface area contributed by atoms with Crippen LogP contribution < -0.4 is 5.73 Å². The zero-order chi connectivity index (χ0) is 17.7. The molecular formula is C18H23FN2O3. The molecule has 1 amide bonds. The molecule has 0 saturated carbocycles. The van der Waals surface area contributed by atoms with Crippen LogP contribution in [-0.4, -0.2) is 29.0 Å². The summed E-state index contributed by atoms with van der Waals surface area (Å²) < 4.78 is 18.2. The van der Waals surface area contributed by atoms with Crippen LogP contribution in [-0.2, 0) is 6.54 Å². The molecule has 0 aliphatic heterocycles. The first-order valence-electron chi connectivity index (χ1n) is 7.91. The number of nitrogens with two attached hydrogens (primary N) is 1. The van der Waals surface area contributed by atoms with Gasteiger partial charge in [0.25, 0.3) is 5.91 Å². The Hall–Kier alpha value is -2.18. The fraction of sp³-hybridized carbons (Fsp3) is 0.389. The van der Waals surface area contributed by atoms with Gasteiger partial charge < -0.3 is 20.2 Å². The Morgan fingerprint density at radius 3 is 2.50 bits per heavy atom. The molecule has 0 spiro atoms. The van der Waals surface area contributed by atoms with Gasteiger partial charge in [-0.05, 0) is 29.7 Å². The molecule has 3 N–H and O–H groups in total. The van der Waals surface area contributed by atoms with E-state index in [1.807, 2.05) is 13.8 Å². The summed E-state index contributed by atoms with van der Waals surface area (Å²) in [6.45, 7) is 4.80. The van der Waals surface area contributed by atoms with E-state index in [-0.39, 0.29) is 30.7 Å². The molecule has 2 aromatic rings.